The standard InChI is InChI=1S/C13H16ClNO2/c1-17-12-4-6-15(7-5-12)13-8-11(14)3-2-10(13)9-16/h2-3,8-9,12H,4-7H2,1H3. The van der Waals surface area contributed by atoms with Gasteiger partial charge >= 0.3 is 0 Å². The fourth-order valence-electron chi connectivity index (χ4n) is 2.22. The maximum Gasteiger partial charge on any atom is 0.152 e. The molecular formula is C13H16ClNO2. The molecule has 1 aliphatic rings. The molecule has 17 heavy (non-hydrogen) atoms. The largest absolute Gasteiger partial charge is 0.381 e. The number of ether oxygens (including phenoxy) is 1. The molecule has 1 aromatic rings. The van der Waals surface area contributed by atoms with Crippen molar-refractivity contribution < 1.29 is 9.53 Å². The second-order valence-corrected chi connectivity index (χ2v) is 4.68. The minimum absolute atomic E-state index is 0.338. The van der Waals surface area contributed by atoms with Gasteiger partial charge in [-0.2, -0.15) is 0 Å². The zero-order valence-electron chi connectivity index (χ0n) is 9.86. The average Bonchev–Trinajstić information content (AvgIpc) is 2.39. The van der Waals surface area contributed by atoms with E-state index >= 15 is 0 Å². The molecule has 0 spiro atoms. The number of hydrogen-bond acceptors (Lipinski definition) is 3. The van der Waals surface area contributed by atoms with Gasteiger partial charge in [-0.1, -0.05) is 11.6 Å². The van der Waals surface area contributed by atoms with Crippen LogP contribution in [0.25, 0.3) is 0 Å². The monoisotopic (exact) mass is 253 g/mol. The molecule has 0 aliphatic carbocycles. The number of benzene rings is 1. The van der Waals surface area contributed by atoms with Gasteiger partial charge in [0, 0.05) is 36.5 Å². The van der Waals surface area contributed by atoms with Gasteiger partial charge in [0.25, 0.3) is 0 Å². The van der Waals surface area contributed by atoms with Crippen LogP contribution in [0.15, 0.2) is 18.2 Å². The highest BCUT2D eigenvalue weighted by Gasteiger charge is 2.20. The number of piperidine rings is 1. The Bertz CT molecular complexity index is 400. The first kappa shape index (κ1) is 12.4. The molecule has 0 amide bonds. The van der Waals surface area contributed by atoms with Gasteiger partial charge in [0.1, 0.15) is 0 Å². The third-order valence-electron chi connectivity index (χ3n) is 3.24. The molecule has 0 saturated carbocycles. The molecule has 92 valence electrons. The smallest absolute Gasteiger partial charge is 0.152 e. The summed E-state index contributed by atoms with van der Waals surface area (Å²) in [5, 5.41) is 0.666. The normalized spacial score (nSPS) is 17.2. The van der Waals surface area contributed by atoms with Crippen LogP contribution in [0.2, 0.25) is 5.02 Å². The van der Waals surface area contributed by atoms with Gasteiger partial charge in [0.2, 0.25) is 0 Å². The molecule has 0 aromatic heterocycles. The minimum Gasteiger partial charge on any atom is -0.381 e. The van der Waals surface area contributed by atoms with Crippen LogP contribution >= 0.6 is 11.6 Å². The lowest BCUT2D eigenvalue weighted by Gasteiger charge is -2.33. The van der Waals surface area contributed by atoms with E-state index in [0.717, 1.165) is 37.9 Å². The average molecular weight is 254 g/mol. The van der Waals surface area contributed by atoms with Gasteiger partial charge in [-0.05, 0) is 31.0 Å². The number of carbonyl (C=O) groups is 1. The molecule has 0 unspecified atom stereocenters. The summed E-state index contributed by atoms with van der Waals surface area (Å²) >= 11 is 5.98. The third kappa shape index (κ3) is 2.79. The summed E-state index contributed by atoms with van der Waals surface area (Å²) in [7, 11) is 1.75. The summed E-state index contributed by atoms with van der Waals surface area (Å²) < 4.78 is 5.33. The van der Waals surface area contributed by atoms with Crippen LogP contribution < -0.4 is 4.90 Å². The number of halogens is 1. The number of aldehydes is 1. The topological polar surface area (TPSA) is 29.5 Å². The first-order chi connectivity index (χ1) is 8.24. The Labute approximate surface area is 106 Å². The molecule has 0 atom stereocenters. The van der Waals surface area contributed by atoms with E-state index in [1.165, 1.54) is 0 Å². The van der Waals surface area contributed by atoms with E-state index in [1.54, 1.807) is 19.2 Å². The summed E-state index contributed by atoms with van der Waals surface area (Å²) in [4.78, 5) is 13.2. The molecule has 1 saturated heterocycles. The molecule has 0 N–H and O–H groups in total. The number of anilines is 1. The number of carbonyl (C=O) groups excluding carboxylic acids is 1. The summed E-state index contributed by atoms with van der Waals surface area (Å²) in [5.74, 6) is 0. The molecule has 1 aromatic carbocycles. The Morgan fingerprint density at radius 1 is 1.41 bits per heavy atom. The number of rotatable bonds is 3. The molecule has 3 nitrogen and oxygen atoms in total. The van der Waals surface area contributed by atoms with Crippen molar-refractivity contribution in [2.75, 3.05) is 25.1 Å². The SMILES string of the molecule is COC1CCN(c2cc(Cl)ccc2C=O)CC1. The molecule has 1 aliphatic heterocycles. The van der Waals surface area contributed by atoms with Crippen molar-refractivity contribution in [3.63, 3.8) is 0 Å². The van der Waals surface area contributed by atoms with Crippen molar-refractivity contribution in [1.29, 1.82) is 0 Å². The summed E-state index contributed by atoms with van der Waals surface area (Å²) in [6, 6.07) is 5.38. The first-order valence-corrected chi connectivity index (χ1v) is 6.15. The van der Waals surface area contributed by atoms with E-state index in [4.69, 9.17) is 16.3 Å². The second-order valence-electron chi connectivity index (χ2n) is 4.24. The highest BCUT2D eigenvalue weighted by molar-refractivity contribution is 6.31. The fraction of sp³-hybridized carbons (Fsp3) is 0.462. The summed E-state index contributed by atoms with van der Waals surface area (Å²) in [5.41, 5.74) is 1.63. The molecular weight excluding hydrogens is 238 g/mol. The van der Waals surface area contributed by atoms with E-state index in [0.29, 0.717) is 16.7 Å². The lowest BCUT2D eigenvalue weighted by molar-refractivity contribution is 0.0819. The van der Waals surface area contributed by atoms with Gasteiger partial charge in [-0.3, -0.25) is 4.79 Å². The minimum atomic E-state index is 0.338. The molecule has 4 heteroatoms. The van der Waals surface area contributed by atoms with Crippen LogP contribution in [0.5, 0.6) is 0 Å². The van der Waals surface area contributed by atoms with Crippen molar-refractivity contribution in [2.24, 2.45) is 0 Å². The Kier molecular flexibility index (Phi) is 4.02. The highest BCUT2D eigenvalue weighted by atomic mass is 35.5. The van der Waals surface area contributed by atoms with Gasteiger partial charge in [-0.15, -0.1) is 0 Å². The predicted octanol–water partition coefficient (Wildman–Crippen LogP) is 2.77. The first-order valence-electron chi connectivity index (χ1n) is 5.77. The van der Waals surface area contributed by atoms with Crippen LogP contribution in [0, 0.1) is 0 Å². The van der Waals surface area contributed by atoms with Crippen molar-refractivity contribution >= 4 is 23.6 Å². The Hall–Kier alpha value is -1.06. The quantitative estimate of drug-likeness (QED) is 0.776. The van der Waals surface area contributed by atoms with Gasteiger partial charge in [0.15, 0.2) is 6.29 Å². The molecule has 0 radical (unpaired) electrons. The lowest BCUT2D eigenvalue weighted by Crippen LogP contribution is -2.37. The third-order valence-corrected chi connectivity index (χ3v) is 3.47. The van der Waals surface area contributed by atoms with Crippen LogP contribution in [-0.2, 0) is 4.74 Å². The zero-order valence-corrected chi connectivity index (χ0v) is 10.6. The Morgan fingerprint density at radius 3 is 2.71 bits per heavy atom. The molecule has 1 fully saturated rings. The molecule has 0 bridgehead atoms. The van der Waals surface area contributed by atoms with Gasteiger partial charge < -0.3 is 9.64 Å². The predicted molar refractivity (Wildman–Crippen MR) is 69.1 cm³/mol. The van der Waals surface area contributed by atoms with Gasteiger partial charge in [0.05, 0.1) is 6.10 Å². The van der Waals surface area contributed by atoms with Crippen molar-refractivity contribution in [3.8, 4) is 0 Å². The maximum atomic E-state index is 11.0. The van der Waals surface area contributed by atoms with E-state index in [-0.39, 0.29) is 0 Å². The van der Waals surface area contributed by atoms with Crippen LogP contribution in [0.3, 0.4) is 0 Å². The molecule has 2 rings (SSSR count). The summed E-state index contributed by atoms with van der Waals surface area (Å²) in [6.45, 7) is 1.80. The van der Waals surface area contributed by atoms with E-state index in [9.17, 15) is 4.79 Å². The zero-order chi connectivity index (χ0) is 12.3. The fourth-order valence-corrected chi connectivity index (χ4v) is 2.39. The van der Waals surface area contributed by atoms with Gasteiger partial charge in [-0.25, -0.2) is 0 Å². The summed E-state index contributed by atoms with van der Waals surface area (Å²) in [6.07, 6.45) is 3.20. The number of hydrogen-bond donors (Lipinski definition) is 0. The van der Waals surface area contributed by atoms with E-state index in [2.05, 4.69) is 4.90 Å². The Morgan fingerprint density at radius 2 is 2.12 bits per heavy atom. The lowest BCUT2D eigenvalue weighted by atomic mass is 10.1. The second kappa shape index (κ2) is 5.52. The van der Waals surface area contributed by atoms with Crippen LogP contribution in [0.1, 0.15) is 23.2 Å². The Balaban J connectivity index is 2.17. The van der Waals surface area contributed by atoms with Crippen molar-refractivity contribution in [1.82, 2.24) is 0 Å². The van der Waals surface area contributed by atoms with Crippen molar-refractivity contribution in [3.05, 3.63) is 28.8 Å². The van der Waals surface area contributed by atoms with E-state index < -0.39 is 0 Å². The maximum absolute atomic E-state index is 11.0. The highest BCUT2D eigenvalue weighted by Crippen LogP contribution is 2.27. The number of nitrogens with zero attached hydrogens (tertiary/aromatic N) is 1. The van der Waals surface area contributed by atoms with Crippen LogP contribution in [0.4, 0.5) is 5.69 Å². The number of methoxy groups -OCH3 is 1. The van der Waals surface area contributed by atoms with E-state index in [1.807, 2.05) is 6.07 Å². The van der Waals surface area contributed by atoms with Crippen molar-refractivity contribution in [2.45, 2.75) is 18.9 Å². The van der Waals surface area contributed by atoms with Crippen LogP contribution in [-0.4, -0.2) is 32.6 Å². The molecule has 1 heterocycles.